The smallest absolute Gasteiger partial charge is 0.333 e. The molecule has 5 heterocycles. The van der Waals surface area contributed by atoms with Crippen LogP contribution in [-0.4, -0.2) is 81.6 Å². The van der Waals surface area contributed by atoms with Gasteiger partial charge in [-0.3, -0.25) is 9.36 Å². The van der Waals surface area contributed by atoms with Crippen molar-refractivity contribution in [2.45, 2.75) is 70.2 Å². The molecule has 1 N–H and O–H groups in total. The van der Waals surface area contributed by atoms with E-state index in [1.165, 1.54) is 6.33 Å². The van der Waals surface area contributed by atoms with E-state index in [0.717, 1.165) is 0 Å². The maximum Gasteiger partial charge on any atom is 0.333 e. The maximum absolute atomic E-state index is 12.9. The largest absolute Gasteiger partial charge is 0.463 e. The lowest BCUT2D eigenvalue weighted by Gasteiger charge is -2.24. The third-order valence-corrected chi connectivity index (χ3v) is 7.21. The van der Waals surface area contributed by atoms with Crippen molar-refractivity contribution in [2.75, 3.05) is 25.1 Å². The summed E-state index contributed by atoms with van der Waals surface area (Å²) in [6.07, 6.45) is 2.78. The number of hydrogen-bond donors (Lipinski definition) is 1. The van der Waals surface area contributed by atoms with Crippen LogP contribution in [0.15, 0.2) is 54.6 Å². The number of hydrogen-bond acceptors (Lipinski definition) is 11. The zero-order chi connectivity index (χ0) is 29.3. The summed E-state index contributed by atoms with van der Waals surface area (Å²) in [6, 6.07) is 8.83. The van der Waals surface area contributed by atoms with Crippen molar-refractivity contribution in [2.24, 2.45) is 0 Å². The van der Waals surface area contributed by atoms with Crippen LogP contribution in [0.2, 0.25) is 0 Å². The van der Waals surface area contributed by atoms with Crippen LogP contribution in [0.25, 0.3) is 11.2 Å². The van der Waals surface area contributed by atoms with E-state index in [0.29, 0.717) is 48.4 Å². The fourth-order valence-electron chi connectivity index (χ4n) is 5.39. The summed E-state index contributed by atoms with van der Waals surface area (Å²) < 4.78 is 37.2. The minimum atomic E-state index is -0.890. The van der Waals surface area contributed by atoms with Crippen molar-refractivity contribution in [3.05, 3.63) is 60.2 Å². The SMILES string of the molecule is CCOC(=O)/C(=C/[C@H]1O[C@@H](n2cnc3c(NC(=O)c4ccccc4)ncnc32)[C@@H]2OC(C)(C)O[C@@H]21)CCC1OCCO1. The summed E-state index contributed by atoms with van der Waals surface area (Å²) in [4.78, 5) is 38.9. The Labute approximate surface area is 242 Å². The molecule has 3 fully saturated rings. The number of fused-ring (bicyclic) bond motifs is 2. The fraction of sp³-hybridized carbons (Fsp3) is 0.483. The van der Waals surface area contributed by atoms with E-state index < -0.39 is 36.3 Å². The minimum absolute atomic E-state index is 0.239. The molecule has 0 saturated carbocycles. The molecule has 2 aromatic heterocycles. The summed E-state index contributed by atoms with van der Waals surface area (Å²) in [7, 11) is 0. The maximum atomic E-state index is 12.9. The second-order valence-electron chi connectivity index (χ2n) is 10.5. The number of imidazole rings is 1. The van der Waals surface area contributed by atoms with Gasteiger partial charge in [-0.2, -0.15) is 0 Å². The first-order valence-corrected chi connectivity index (χ1v) is 14.0. The summed E-state index contributed by atoms with van der Waals surface area (Å²) in [5.74, 6) is -1.37. The van der Waals surface area contributed by atoms with Crippen LogP contribution >= 0.6 is 0 Å². The highest BCUT2D eigenvalue weighted by Crippen LogP contribution is 2.44. The topological polar surface area (TPSA) is 145 Å². The number of ether oxygens (including phenoxy) is 6. The molecule has 0 aliphatic carbocycles. The summed E-state index contributed by atoms with van der Waals surface area (Å²) in [5, 5.41) is 2.82. The fourth-order valence-corrected chi connectivity index (χ4v) is 5.39. The van der Waals surface area contributed by atoms with Gasteiger partial charge in [0.15, 0.2) is 35.3 Å². The van der Waals surface area contributed by atoms with Crippen molar-refractivity contribution in [3.63, 3.8) is 0 Å². The summed E-state index contributed by atoms with van der Waals surface area (Å²) in [5.41, 5.74) is 1.76. The van der Waals surface area contributed by atoms with Crippen molar-refractivity contribution in [1.82, 2.24) is 19.5 Å². The van der Waals surface area contributed by atoms with E-state index in [9.17, 15) is 9.59 Å². The quantitative estimate of drug-likeness (QED) is 0.295. The van der Waals surface area contributed by atoms with Crippen molar-refractivity contribution in [1.29, 1.82) is 0 Å². The molecular formula is C29H33N5O8. The Morgan fingerprint density at radius 2 is 1.86 bits per heavy atom. The van der Waals surface area contributed by atoms with Crippen LogP contribution in [0.3, 0.4) is 0 Å². The van der Waals surface area contributed by atoms with Crippen LogP contribution in [0.1, 0.15) is 50.2 Å². The molecule has 0 spiro atoms. The predicted octanol–water partition coefficient (Wildman–Crippen LogP) is 3.14. The van der Waals surface area contributed by atoms with Crippen LogP contribution < -0.4 is 5.32 Å². The van der Waals surface area contributed by atoms with Gasteiger partial charge in [-0.15, -0.1) is 0 Å². The van der Waals surface area contributed by atoms with Gasteiger partial charge in [0, 0.05) is 17.6 Å². The van der Waals surface area contributed by atoms with E-state index in [4.69, 9.17) is 28.4 Å². The number of aromatic nitrogens is 4. The Hall–Kier alpha value is -3.75. The molecule has 1 aromatic carbocycles. The average molecular weight is 580 g/mol. The molecule has 4 atom stereocenters. The molecule has 13 heteroatoms. The first-order chi connectivity index (χ1) is 20.3. The zero-order valence-corrected chi connectivity index (χ0v) is 23.6. The van der Waals surface area contributed by atoms with Gasteiger partial charge in [-0.05, 0) is 45.4 Å². The summed E-state index contributed by atoms with van der Waals surface area (Å²) >= 11 is 0. The number of esters is 1. The molecule has 3 saturated heterocycles. The highest BCUT2D eigenvalue weighted by atomic mass is 16.8. The highest BCUT2D eigenvalue weighted by Gasteiger charge is 2.55. The molecule has 3 aromatic rings. The first-order valence-electron chi connectivity index (χ1n) is 14.0. The Bertz CT molecular complexity index is 1470. The van der Waals surface area contributed by atoms with E-state index in [1.807, 2.05) is 19.9 Å². The number of amides is 1. The van der Waals surface area contributed by atoms with Crippen LogP contribution in [-0.2, 0) is 33.2 Å². The number of carbonyl (C=O) groups is 2. The molecule has 0 bridgehead atoms. The number of nitrogens with zero attached hydrogens (tertiary/aromatic N) is 4. The number of benzene rings is 1. The monoisotopic (exact) mass is 579 g/mol. The van der Waals surface area contributed by atoms with Gasteiger partial charge in [-0.1, -0.05) is 18.2 Å². The molecule has 3 aliphatic rings. The zero-order valence-electron chi connectivity index (χ0n) is 23.6. The highest BCUT2D eigenvalue weighted by molar-refractivity contribution is 6.06. The third kappa shape index (κ3) is 5.78. The van der Waals surface area contributed by atoms with Crippen molar-refractivity contribution in [3.8, 4) is 0 Å². The number of anilines is 1. The Morgan fingerprint density at radius 3 is 2.62 bits per heavy atom. The number of rotatable bonds is 9. The van der Waals surface area contributed by atoms with Gasteiger partial charge in [0.2, 0.25) is 0 Å². The molecular weight excluding hydrogens is 546 g/mol. The van der Waals surface area contributed by atoms with Gasteiger partial charge in [0.1, 0.15) is 24.6 Å². The lowest BCUT2D eigenvalue weighted by molar-refractivity contribution is -0.191. The summed E-state index contributed by atoms with van der Waals surface area (Å²) in [6.45, 7) is 6.71. The van der Waals surface area contributed by atoms with E-state index in [2.05, 4.69) is 20.3 Å². The second kappa shape index (κ2) is 11.9. The Balaban J connectivity index is 1.29. The van der Waals surface area contributed by atoms with Crippen molar-refractivity contribution >= 4 is 28.9 Å². The van der Waals surface area contributed by atoms with Gasteiger partial charge >= 0.3 is 5.97 Å². The van der Waals surface area contributed by atoms with E-state index in [1.54, 1.807) is 48.2 Å². The molecule has 0 radical (unpaired) electrons. The molecule has 222 valence electrons. The normalized spacial score (nSPS) is 25.5. The average Bonchev–Trinajstić information content (AvgIpc) is 3.76. The van der Waals surface area contributed by atoms with Crippen LogP contribution in [0.4, 0.5) is 5.82 Å². The Kier molecular flexibility index (Phi) is 8.01. The molecule has 3 aliphatic heterocycles. The van der Waals surface area contributed by atoms with E-state index in [-0.39, 0.29) is 24.6 Å². The van der Waals surface area contributed by atoms with Crippen LogP contribution in [0.5, 0.6) is 0 Å². The lowest BCUT2D eigenvalue weighted by Crippen LogP contribution is -2.29. The standard InChI is InChI=1S/C29H33N5O8/c1-4-37-28(36)18(10-11-20-38-12-13-39-20)14-19-22-23(42-29(2,3)41-22)27(40-19)34-16-32-21-24(30-15-31-25(21)34)33-26(35)17-8-6-5-7-9-17/h5-9,14-16,19-20,22-23,27H,4,10-13H2,1-3H3,(H,30,31,33,35)/b18-14+/t19-,22-,23-,27-/m1/s1. The molecule has 13 nitrogen and oxygen atoms in total. The molecule has 1 amide bonds. The second-order valence-corrected chi connectivity index (χ2v) is 10.5. The third-order valence-electron chi connectivity index (χ3n) is 7.21. The molecule has 6 rings (SSSR count). The number of carbonyl (C=O) groups excluding carboxylic acids is 2. The lowest BCUT2D eigenvalue weighted by atomic mass is 10.0. The first kappa shape index (κ1) is 28.4. The Morgan fingerprint density at radius 1 is 1.10 bits per heavy atom. The molecule has 0 unspecified atom stereocenters. The van der Waals surface area contributed by atoms with Crippen molar-refractivity contribution < 1.29 is 38.0 Å². The van der Waals surface area contributed by atoms with Gasteiger partial charge in [0.05, 0.1) is 26.1 Å². The molecule has 42 heavy (non-hydrogen) atoms. The van der Waals surface area contributed by atoms with Gasteiger partial charge in [-0.25, -0.2) is 19.7 Å². The number of nitrogens with one attached hydrogen (secondary N) is 1. The van der Waals surface area contributed by atoms with Crippen LogP contribution in [0, 0.1) is 0 Å². The predicted molar refractivity (Wildman–Crippen MR) is 147 cm³/mol. The van der Waals surface area contributed by atoms with Gasteiger partial charge < -0.3 is 33.7 Å². The van der Waals surface area contributed by atoms with Gasteiger partial charge in [0.25, 0.3) is 5.91 Å². The van der Waals surface area contributed by atoms with E-state index >= 15 is 0 Å². The minimum Gasteiger partial charge on any atom is -0.463 e.